The van der Waals surface area contributed by atoms with E-state index < -0.39 is 5.97 Å². The molecule has 0 saturated heterocycles. The number of carbonyl (C=O) groups is 1. The fourth-order valence-corrected chi connectivity index (χ4v) is 0.342. The molecule has 0 bridgehead atoms. The number of hydrogen-bond acceptors (Lipinski definition) is 1. The second-order valence-corrected chi connectivity index (χ2v) is 1.62. The normalized spacial score (nSPS) is 6.67. The van der Waals surface area contributed by atoms with Gasteiger partial charge in [-0.2, -0.15) is 36.4 Å². The third-order valence-corrected chi connectivity index (χ3v) is 0.782. The largest absolute Gasteiger partial charge is 1.00 e. The summed E-state index contributed by atoms with van der Waals surface area (Å²) in [5.74, 6) is -0.981. The molecular weight excluding hydrogens is 147 g/mol. The second-order valence-electron chi connectivity index (χ2n) is 1.62. The van der Waals surface area contributed by atoms with Gasteiger partial charge in [0.2, 0.25) is 0 Å². The molecule has 58 valence electrons. The summed E-state index contributed by atoms with van der Waals surface area (Å²) in [5, 5.41) is 7.60. The average Bonchev–Trinajstić information content (AvgIpc) is 2.09. The molecular formula is C9H9LiO2. The molecule has 1 aromatic rings. The van der Waals surface area contributed by atoms with Gasteiger partial charge in [0.1, 0.15) is 0 Å². The summed E-state index contributed by atoms with van der Waals surface area (Å²) < 4.78 is 0. The first kappa shape index (κ1) is 13.6. The molecule has 0 heterocycles. The SMILES string of the molecule is C=CC(=O)O.[Li+].[c-]1ccccc1. The van der Waals surface area contributed by atoms with Crippen LogP contribution in [0.25, 0.3) is 0 Å². The van der Waals surface area contributed by atoms with Crippen molar-refractivity contribution in [2.45, 2.75) is 0 Å². The molecule has 1 rings (SSSR count). The standard InChI is InChI=1S/C6H5.C3H4O2.Li/c1-2-4-6-5-3-1;1-2-3(4)5;/h1-5H;2H,1H2,(H,4,5);/q-1;;+1. The van der Waals surface area contributed by atoms with Crippen LogP contribution < -0.4 is 18.9 Å². The maximum Gasteiger partial charge on any atom is 1.00 e. The Morgan fingerprint density at radius 2 is 1.75 bits per heavy atom. The van der Waals surface area contributed by atoms with E-state index in [1.54, 1.807) is 0 Å². The first-order chi connectivity index (χ1) is 5.27. The maximum atomic E-state index is 9.25. The minimum absolute atomic E-state index is 0. The third kappa shape index (κ3) is 11.8. The van der Waals surface area contributed by atoms with Crippen molar-refractivity contribution in [3.63, 3.8) is 0 Å². The van der Waals surface area contributed by atoms with Crippen molar-refractivity contribution in [2.24, 2.45) is 0 Å². The molecule has 0 saturated carbocycles. The van der Waals surface area contributed by atoms with Gasteiger partial charge in [0.25, 0.3) is 0 Å². The van der Waals surface area contributed by atoms with Crippen LogP contribution in [0.1, 0.15) is 0 Å². The van der Waals surface area contributed by atoms with Gasteiger partial charge in [-0.15, -0.1) is 0 Å². The Morgan fingerprint density at radius 1 is 1.33 bits per heavy atom. The van der Waals surface area contributed by atoms with Crippen molar-refractivity contribution in [3.05, 3.63) is 49.1 Å². The smallest absolute Gasteiger partial charge is 0.478 e. The van der Waals surface area contributed by atoms with Crippen molar-refractivity contribution in [2.75, 3.05) is 0 Å². The maximum absolute atomic E-state index is 9.25. The van der Waals surface area contributed by atoms with Gasteiger partial charge in [-0.25, -0.2) is 4.79 Å². The monoisotopic (exact) mass is 156 g/mol. The molecule has 0 amide bonds. The summed E-state index contributed by atoms with van der Waals surface area (Å²) in [6.45, 7) is 2.96. The number of hydrogen-bond donors (Lipinski definition) is 1. The summed E-state index contributed by atoms with van der Waals surface area (Å²) in [5.41, 5.74) is 0. The molecule has 0 aliphatic heterocycles. The van der Waals surface area contributed by atoms with Crippen LogP contribution in [0.15, 0.2) is 43.0 Å². The van der Waals surface area contributed by atoms with Gasteiger partial charge < -0.3 is 5.11 Å². The Hall–Kier alpha value is -0.973. The molecule has 0 aromatic heterocycles. The van der Waals surface area contributed by atoms with E-state index in [2.05, 4.69) is 12.6 Å². The number of benzene rings is 1. The van der Waals surface area contributed by atoms with Crippen molar-refractivity contribution >= 4 is 5.97 Å². The van der Waals surface area contributed by atoms with E-state index in [9.17, 15) is 4.79 Å². The molecule has 0 atom stereocenters. The molecule has 0 spiro atoms. The fraction of sp³-hybridized carbons (Fsp3) is 0. The fourth-order valence-electron chi connectivity index (χ4n) is 0.342. The van der Waals surface area contributed by atoms with Crippen molar-refractivity contribution in [3.8, 4) is 0 Å². The van der Waals surface area contributed by atoms with Crippen molar-refractivity contribution in [1.29, 1.82) is 0 Å². The van der Waals surface area contributed by atoms with Gasteiger partial charge in [-0.1, -0.05) is 6.58 Å². The van der Waals surface area contributed by atoms with Crippen LogP contribution in [0.5, 0.6) is 0 Å². The van der Waals surface area contributed by atoms with Crippen molar-refractivity contribution < 1.29 is 28.8 Å². The van der Waals surface area contributed by atoms with E-state index in [0.717, 1.165) is 6.08 Å². The van der Waals surface area contributed by atoms with Crippen LogP contribution in [-0.4, -0.2) is 11.1 Å². The molecule has 1 aromatic carbocycles. The average molecular weight is 156 g/mol. The van der Waals surface area contributed by atoms with E-state index in [4.69, 9.17) is 5.11 Å². The molecule has 0 unspecified atom stereocenters. The van der Waals surface area contributed by atoms with Crippen LogP contribution >= 0.6 is 0 Å². The van der Waals surface area contributed by atoms with Gasteiger partial charge in [-0.05, 0) is 0 Å². The topological polar surface area (TPSA) is 37.3 Å². The Labute approximate surface area is 84.1 Å². The van der Waals surface area contributed by atoms with E-state index in [0.29, 0.717) is 0 Å². The zero-order chi connectivity index (χ0) is 8.53. The second kappa shape index (κ2) is 10.0. The first-order valence-corrected chi connectivity index (χ1v) is 3.04. The number of carboxylic acid groups (broad SMARTS) is 1. The quantitative estimate of drug-likeness (QED) is 0.313. The molecule has 2 nitrogen and oxygen atoms in total. The van der Waals surface area contributed by atoms with Crippen molar-refractivity contribution in [1.82, 2.24) is 0 Å². The minimum Gasteiger partial charge on any atom is -0.478 e. The number of aliphatic carboxylic acids is 1. The summed E-state index contributed by atoms with van der Waals surface area (Å²) >= 11 is 0. The van der Waals surface area contributed by atoms with E-state index in [1.165, 1.54) is 0 Å². The predicted octanol–water partition coefficient (Wildman–Crippen LogP) is -1.25. The van der Waals surface area contributed by atoms with E-state index in [-0.39, 0.29) is 18.9 Å². The first-order valence-electron chi connectivity index (χ1n) is 3.04. The minimum atomic E-state index is -0.981. The zero-order valence-corrected chi connectivity index (χ0v) is 7.03. The Balaban J connectivity index is 0. The van der Waals surface area contributed by atoms with Crippen LogP contribution in [-0.2, 0) is 4.79 Å². The van der Waals surface area contributed by atoms with Crippen LogP contribution in [0.2, 0.25) is 0 Å². The summed E-state index contributed by atoms with van der Waals surface area (Å²) in [6, 6.07) is 12.5. The Bertz CT molecular complexity index is 182. The van der Waals surface area contributed by atoms with Crippen LogP contribution in [0, 0.1) is 6.07 Å². The molecule has 12 heavy (non-hydrogen) atoms. The molecule has 0 radical (unpaired) electrons. The zero-order valence-electron chi connectivity index (χ0n) is 7.03. The molecule has 0 fully saturated rings. The molecule has 0 aliphatic rings. The Kier molecular flexibility index (Phi) is 11.4. The summed E-state index contributed by atoms with van der Waals surface area (Å²) in [4.78, 5) is 9.25. The van der Waals surface area contributed by atoms with Crippen LogP contribution in [0.4, 0.5) is 0 Å². The molecule has 1 N–H and O–H groups in total. The molecule has 0 aliphatic carbocycles. The van der Waals surface area contributed by atoms with Gasteiger partial charge in [0.15, 0.2) is 0 Å². The van der Waals surface area contributed by atoms with Crippen LogP contribution in [0.3, 0.4) is 0 Å². The number of carboxylic acids is 1. The Morgan fingerprint density at radius 3 is 1.83 bits per heavy atom. The van der Waals surface area contributed by atoms with E-state index >= 15 is 0 Å². The molecule has 3 heteroatoms. The van der Waals surface area contributed by atoms with Gasteiger partial charge in [0, 0.05) is 6.08 Å². The third-order valence-electron chi connectivity index (χ3n) is 0.782. The van der Waals surface area contributed by atoms with Gasteiger partial charge >= 0.3 is 24.8 Å². The van der Waals surface area contributed by atoms with Gasteiger partial charge in [-0.3, -0.25) is 0 Å². The number of rotatable bonds is 1. The van der Waals surface area contributed by atoms with E-state index in [1.807, 2.05) is 30.3 Å². The predicted molar refractivity (Wildman–Crippen MR) is 43.1 cm³/mol. The summed E-state index contributed by atoms with van der Waals surface area (Å²) in [7, 11) is 0. The van der Waals surface area contributed by atoms with Gasteiger partial charge in [0.05, 0.1) is 0 Å². The summed E-state index contributed by atoms with van der Waals surface area (Å²) in [6.07, 6.45) is 0.833.